The molecule has 2 aromatic rings. The molecule has 6 heteroatoms. The third kappa shape index (κ3) is 4.55. The molecule has 0 spiro atoms. The first kappa shape index (κ1) is 16.9. The molecule has 5 nitrogen and oxygen atoms in total. The molecular formula is C18H23N3O2S. The zero-order chi connectivity index (χ0) is 16.8. The number of benzene rings is 1. The molecule has 128 valence electrons. The normalized spacial score (nSPS) is 17.0. The van der Waals surface area contributed by atoms with Crippen LogP contribution in [0.3, 0.4) is 0 Å². The van der Waals surface area contributed by atoms with Crippen LogP contribution in [0.4, 0.5) is 4.79 Å². The maximum absolute atomic E-state index is 12.1. The van der Waals surface area contributed by atoms with E-state index in [1.165, 1.54) is 0 Å². The summed E-state index contributed by atoms with van der Waals surface area (Å²) in [4.78, 5) is 18.4. The largest absolute Gasteiger partial charge is 0.376 e. The molecule has 0 unspecified atom stereocenters. The number of ether oxygens (including phenoxy) is 1. The summed E-state index contributed by atoms with van der Waals surface area (Å²) in [7, 11) is 1.81. The Labute approximate surface area is 146 Å². The highest BCUT2D eigenvalue weighted by Gasteiger charge is 2.19. The summed E-state index contributed by atoms with van der Waals surface area (Å²) >= 11 is 1.63. The van der Waals surface area contributed by atoms with Gasteiger partial charge in [-0.15, -0.1) is 11.3 Å². The van der Waals surface area contributed by atoms with Crippen molar-refractivity contribution in [1.82, 2.24) is 15.2 Å². The first-order chi connectivity index (χ1) is 11.7. The SMILES string of the molecule is CN(C[C@H]1CCCO1)C(=O)NCCc1nc(-c2ccccc2)cs1. The number of likely N-dealkylation sites (N-methyl/N-ethyl adjacent to an activating group) is 1. The number of aromatic nitrogens is 1. The van der Waals surface area contributed by atoms with Crippen LogP contribution in [0, 0.1) is 0 Å². The minimum Gasteiger partial charge on any atom is -0.376 e. The number of urea groups is 1. The van der Waals surface area contributed by atoms with E-state index in [2.05, 4.69) is 27.8 Å². The smallest absolute Gasteiger partial charge is 0.317 e. The second-order valence-corrected chi connectivity index (χ2v) is 6.93. The van der Waals surface area contributed by atoms with Gasteiger partial charge >= 0.3 is 6.03 Å². The molecule has 0 aliphatic carbocycles. The predicted octanol–water partition coefficient (Wildman–Crippen LogP) is 3.17. The van der Waals surface area contributed by atoms with Gasteiger partial charge in [-0.2, -0.15) is 0 Å². The van der Waals surface area contributed by atoms with E-state index < -0.39 is 0 Å². The Hall–Kier alpha value is -1.92. The van der Waals surface area contributed by atoms with Gasteiger partial charge in [0.05, 0.1) is 16.8 Å². The topological polar surface area (TPSA) is 54.5 Å². The van der Waals surface area contributed by atoms with Crippen molar-refractivity contribution in [1.29, 1.82) is 0 Å². The molecule has 1 saturated heterocycles. The van der Waals surface area contributed by atoms with Crippen molar-refractivity contribution < 1.29 is 9.53 Å². The molecule has 2 amide bonds. The minimum absolute atomic E-state index is 0.0506. The minimum atomic E-state index is -0.0506. The van der Waals surface area contributed by atoms with Crippen LogP contribution in [-0.4, -0.2) is 48.8 Å². The monoisotopic (exact) mass is 345 g/mol. The van der Waals surface area contributed by atoms with Gasteiger partial charge in [0.25, 0.3) is 0 Å². The van der Waals surface area contributed by atoms with Crippen LogP contribution >= 0.6 is 11.3 Å². The second kappa shape index (κ2) is 8.26. The van der Waals surface area contributed by atoms with Gasteiger partial charge in [-0.3, -0.25) is 0 Å². The van der Waals surface area contributed by atoms with Gasteiger partial charge in [-0.05, 0) is 12.8 Å². The van der Waals surface area contributed by atoms with E-state index in [0.717, 1.165) is 42.1 Å². The average Bonchev–Trinajstić information content (AvgIpc) is 3.27. The molecule has 0 bridgehead atoms. The fourth-order valence-corrected chi connectivity index (χ4v) is 3.56. The Morgan fingerprint density at radius 2 is 2.25 bits per heavy atom. The van der Waals surface area contributed by atoms with Crippen molar-refractivity contribution in [2.45, 2.75) is 25.4 Å². The second-order valence-electron chi connectivity index (χ2n) is 5.99. The van der Waals surface area contributed by atoms with E-state index in [-0.39, 0.29) is 12.1 Å². The third-order valence-corrected chi connectivity index (χ3v) is 4.99. The Balaban J connectivity index is 1.43. The molecule has 1 aromatic carbocycles. The molecule has 1 aliphatic heterocycles. The van der Waals surface area contributed by atoms with Crippen LogP contribution in [0.5, 0.6) is 0 Å². The molecule has 1 aliphatic rings. The van der Waals surface area contributed by atoms with Crippen LogP contribution in [0.15, 0.2) is 35.7 Å². The molecule has 1 aromatic heterocycles. The maximum atomic E-state index is 12.1. The summed E-state index contributed by atoms with van der Waals surface area (Å²) in [6, 6.07) is 10.1. The summed E-state index contributed by atoms with van der Waals surface area (Å²) in [6.07, 6.45) is 3.07. The number of hydrogen-bond acceptors (Lipinski definition) is 4. The van der Waals surface area contributed by atoms with Crippen LogP contribution < -0.4 is 5.32 Å². The summed E-state index contributed by atoms with van der Waals surface area (Å²) in [5.74, 6) is 0. The standard InChI is InChI=1S/C18H23N3O2S/c1-21(12-15-8-5-11-23-15)18(22)19-10-9-17-20-16(13-24-17)14-6-3-2-4-7-14/h2-4,6-7,13,15H,5,8-12H2,1H3,(H,19,22)/t15-/m1/s1. The quantitative estimate of drug-likeness (QED) is 0.875. The highest BCUT2D eigenvalue weighted by atomic mass is 32.1. The Bertz CT molecular complexity index is 653. The summed E-state index contributed by atoms with van der Waals surface area (Å²) in [5, 5.41) is 6.06. The first-order valence-corrected chi connectivity index (χ1v) is 9.21. The van der Waals surface area contributed by atoms with Crippen molar-refractivity contribution in [3.05, 3.63) is 40.7 Å². The van der Waals surface area contributed by atoms with E-state index in [0.29, 0.717) is 13.1 Å². The lowest BCUT2D eigenvalue weighted by Crippen LogP contribution is -2.41. The van der Waals surface area contributed by atoms with Crippen molar-refractivity contribution in [2.24, 2.45) is 0 Å². The number of thiazole rings is 1. The van der Waals surface area contributed by atoms with Crippen LogP contribution in [0.1, 0.15) is 17.8 Å². The number of nitrogens with one attached hydrogen (secondary N) is 1. The number of carbonyl (C=O) groups excluding carboxylic acids is 1. The van der Waals surface area contributed by atoms with Crippen molar-refractivity contribution in [2.75, 3.05) is 26.7 Å². The Kier molecular flexibility index (Phi) is 5.82. The van der Waals surface area contributed by atoms with Gasteiger partial charge in [0.1, 0.15) is 0 Å². The van der Waals surface area contributed by atoms with Crippen molar-refractivity contribution >= 4 is 17.4 Å². The zero-order valence-corrected chi connectivity index (χ0v) is 14.7. The van der Waals surface area contributed by atoms with Gasteiger partial charge in [0.15, 0.2) is 0 Å². The number of rotatable bonds is 6. The number of amides is 2. The van der Waals surface area contributed by atoms with E-state index in [1.54, 1.807) is 16.2 Å². The molecule has 0 radical (unpaired) electrons. The molecule has 1 atom stereocenters. The third-order valence-electron chi connectivity index (χ3n) is 4.08. The molecular weight excluding hydrogens is 322 g/mol. The highest BCUT2D eigenvalue weighted by Crippen LogP contribution is 2.21. The number of hydrogen-bond donors (Lipinski definition) is 1. The maximum Gasteiger partial charge on any atom is 0.317 e. The average molecular weight is 345 g/mol. The van der Waals surface area contributed by atoms with E-state index in [1.807, 2.05) is 25.2 Å². The molecule has 2 heterocycles. The van der Waals surface area contributed by atoms with Crippen LogP contribution in [0.25, 0.3) is 11.3 Å². The van der Waals surface area contributed by atoms with Gasteiger partial charge < -0.3 is 15.0 Å². The van der Waals surface area contributed by atoms with Crippen LogP contribution in [-0.2, 0) is 11.2 Å². The van der Waals surface area contributed by atoms with Gasteiger partial charge in [0, 0.05) is 44.1 Å². The van der Waals surface area contributed by atoms with E-state index >= 15 is 0 Å². The van der Waals surface area contributed by atoms with Crippen molar-refractivity contribution in [3.8, 4) is 11.3 Å². The summed E-state index contributed by atoms with van der Waals surface area (Å²) in [5.41, 5.74) is 2.12. The fourth-order valence-electron chi connectivity index (χ4n) is 2.76. The van der Waals surface area contributed by atoms with Gasteiger partial charge in [-0.25, -0.2) is 9.78 Å². The first-order valence-electron chi connectivity index (χ1n) is 8.33. The van der Waals surface area contributed by atoms with E-state index in [9.17, 15) is 4.79 Å². The predicted molar refractivity (Wildman–Crippen MR) is 96.3 cm³/mol. The Morgan fingerprint density at radius 3 is 3.00 bits per heavy atom. The summed E-state index contributed by atoms with van der Waals surface area (Å²) < 4.78 is 5.56. The molecule has 0 saturated carbocycles. The molecule has 3 rings (SSSR count). The van der Waals surface area contributed by atoms with Gasteiger partial charge in [-0.1, -0.05) is 30.3 Å². The van der Waals surface area contributed by atoms with Crippen molar-refractivity contribution in [3.63, 3.8) is 0 Å². The molecule has 1 N–H and O–H groups in total. The number of nitrogens with zero attached hydrogens (tertiary/aromatic N) is 2. The highest BCUT2D eigenvalue weighted by molar-refractivity contribution is 7.09. The fraction of sp³-hybridized carbons (Fsp3) is 0.444. The lowest BCUT2D eigenvalue weighted by atomic mass is 10.2. The zero-order valence-electron chi connectivity index (χ0n) is 13.9. The van der Waals surface area contributed by atoms with Crippen LogP contribution in [0.2, 0.25) is 0 Å². The summed E-state index contributed by atoms with van der Waals surface area (Å²) in [6.45, 7) is 2.06. The van der Waals surface area contributed by atoms with Gasteiger partial charge in [0.2, 0.25) is 0 Å². The Morgan fingerprint density at radius 1 is 1.42 bits per heavy atom. The molecule has 1 fully saturated rings. The number of carbonyl (C=O) groups is 1. The van der Waals surface area contributed by atoms with E-state index in [4.69, 9.17) is 4.74 Å². The lowest BCUT2D eigenvalue weighted by molar-refractivity contribution is 0.0875. The molecule has 24 heavy (non-hydrogen) atoms. The lowest BCUT2D eigenvalue weighted by Gasteiger charge is -2.21.